The summed E-state index contributed by atoms with van der Waals surface area (Å²) in [5.74, 6) is 0.741. The topological polar surface area (TPSA) is 73.9 Å². The molecule has 1 saturated heterocycles. The van der Waals surface area contributed by atoms with Crippen LogP contribution in [0, 0.1) is 0 Å². The van der Waals surface area contributed by atoms with E-state index in [-0.39, 0.29) is 24.5 Å². The molecule has 1 aliphatic rings. The third-order valence-electron chi connectivity index (χ3n) is 5.78. The van der Waals surface area contributed by atoms with Crippen LogP contribution in [-0.4, -0.2) is 49.6 Å². The van der Waals surface area contributed by atoms with Gasteiger partial charge in [0.25, 0.3) is 0 Å². The molecule has 3 amide bonds. The fraction of sp³-hybridized carbons (Fsp3) is 0.333. The number of nitrogens with one attached hydrogen (secondary N) is 2. The highest BCUT2D eigenvalue weighted by molar-refractivity contribution is 7.07. The van der Waals surface area contributed by atoms with Crippen molar-refractivity contribution in [3.8, 4) is 5.75 Å². The van der Waals surface area contributed by atoms with Crippen LogP contribution in [0.1, 0.15) is 23.6 Å². The van der Waals surface area contributed by atoms with Crippen LogP contribution in [0.5, 0.6) is 5.75 Å². The minimum atomic E-state index is -0.159. The smallest absolute Gasteiger partial charge is 0.321 e. The quantitative estimate of drug-likeness (QED) is 0.424. The van der Waals surface area contributed by atoms with E-state index in [0.29, 0.717) is 19.6 Å². The van der Waals surface area contributed by atoms with Gasteiger partial charge >= 0.3 is 6.03 Å². The number of urea groups is 1. The maximum Gasteiger partial charge on any atom is 0.321 e. The number of carbonyl (C=O) groups excluding carboxylic acids is 2. The summed E-state index contributed by atoms with van der Waals surface area (Å²) < 4.78 is 6.05. The first kappa shape index (κ1) is 24.8. The van der Waals surface area contributed by atoms with Gasteiger partial charge in [-0.2, -0.15) is 11.3 Å². The van der Waals surface area contributed by atoms with Crippen LogP contribution in [0.3, 0.4) is 0 Å². The third kappa shape index (κ3) is 7.31. The summed E-state index contributed by atoms with van der Waals surface area (Å²) in [7, 11) is 2.11. The molecule has 2 N–H and O–H groups in total. The molecule has 8 heteroatoms. The van der Waals surface area contributed by atoms with E-state index in [1.807, 2.05) is 43.3 Å². The van der Waals surface area contributed by atoms with Crippen molar-refractivity contribution in [1.82, 2.24) is 15.5 Å². The molecule has 3 aromatic rings. The molecule has 0 saturated carbocycles. The molecule has 35 heavy (non-hydrogen) atoms. The van der Waals surface area contributed by atoms with Crippen molar-refractivity contribution in [3.63, 3.8) is 0 Å². The Bertz CT molecular complexity index is 1120. The number of benzene rings is 2. The van der Waals surface area contributed by atoms with Gasteiger partial charge < -0.3 is 15.4 Å². The van der Waals surface area contributed by atoms with E-state index in [2.05, 4.69) is 51.5 Å². The fourth-order valence-corrected chi connectivity index (χ4v) is 4.73. The Hall–Kier alpha value is -3.36. The van der Waals surface area contributed by atoms with Gasteiger partial charge in [-0.15, -0.1) is 0 Å². The van der Waals surface area contributed by atoms with Crippen molar-refractivity contribution in [1.29, 1.82) is 0 Å². The monoisotopic (exact) mass is 492 g/mol. The number of ether oxygens (including phenoxy) is 1. The molecule has 0 aliphatic carbocycles. The van der Waals surface area contributed by atoms with E-state index in [1.54, 1.807) is 16.2 Å². The molecule has 2 heterocycles. The lowest BCUT2D eigenvalue weighted by Gasteiger charge is -2.18. The maximum atomic E-state index is 12.4. The SMILES string of the molecule is C[C@H](CNC(=O)Cc1ccc(N2CCNC2=O)cc1)Oc1cccc(CN(C)Cc2ccsc2)c1. The molecule has 0 spiro atoms. The molecule has 0 bridgehead atoms. The lowest BCUT2D eigenvalue weighted by atomic mass is 10.1. The Labute approximate surface area is 210 Å². The first-order valence-corrected chi connectivity index (χ1v) is 12.8. The lowest BCUT2D eigenvalue weighted by Crippen LogP contribution is -2.34. The fourth-order valence-electron chi connectivity index (χ4n) is 4.07. The Morgan fingerprint density at radius 3 is 2.66 bits per heavy atom. The number of amides is 3. The molecule has 2 aromatic carbocycles. The summed E-state index contributed by atoms with van der Waals surface area (Å²) in [5, 5.41) is 10.0. The average molecular weight is 493 g/mol. The van der Waals surface area contributed by atoms with Gasteiger partial charge in [-0.1, -0.05) is 24.3 Å². The van der Waals surface area contributed by atoms with Gasteiger partial charge in [0, 0.05) is 31.9 Å². The molecular formula is C27H32N4O3S. The van der Waals surface area contributed by atoms with Crippen molar-refractivity contribution in [2.24, 2.45) is 0 Å². The van der Waals surface area contributed by atoms with Crippen LogP contribution < -0.4 is 20.3 Å². The average Bonchev–Trinajstić information content (AvgIpc) is 3.50. The highest BCUT2D eigenvalue weighted by Crippen LogP contribution is 2.19. The Morgan fingerprint density at radius 1 is 1.14 bits per heavy atom. The molecule has 184 valence electrons. The lowest BCUT2D eigenvalue weighted by molar-refractivity contribution is -0.120. The van der Waals surface area contributed by atoms with Crippen LogP contribution in [0.2, 0.25) is 0 Å². The van der Waals surface area contributed by atoms with Gasteiger partial charge in [0.15, 0.2) is 0 Å². The molecule has 1 fully saturated rings. The summed E-state index contributed by atoms with van der Waals surface area (Å²) in [6.45, 7) is 5.43. The number of nitrogens with zero attached hydrogens (tertiary/aromatic N) is 2. The van der Waals surface area contributed by atoms with Gasteiger partial charge in [-0.3, -0.25) is 14.6 Å². The molecule has 1 atom stereocenters. The highest BCUT2D eigenvalue weighted by atomic mass is 32.1. The number of carbonyl (C=O) groups is 2. The third-order valence-corrected chi connectivity index (χ3v) is 6.51. The van der Waals surface area contributed by atoms with E-state index in [1.165, 1.54) is 11.1 Å². The maximum absolute atomic E-state index is 12.4. The van der Waals surface area contributed by atoms with Gasteiger partial charge in [-0.05, 0) is 71.8 Å². The zero-order valence-corrected chi connectivity index (χ0v) is 21.0. The van der Waals surface area contributed by atoms with Crippen molar-refractivity contribution < 1.29 is 14.3 Å². The van der Waals surface area contributed by atoms with Crippen molar-refractivity contribution >= 4 is 29.0 Å². The summed E-state index contributed by atoms with van der Waals surface area (Å²) in [5.41, 5.74) is 4.25. The van der Waals surface area contributed by atoms with Crippen molar-refractivity contribution in [2.75, 3.05) is 31.6 Å². The number of hydrogen-bond donors (Lipinski definition) is 2. The molecule has 0 unspecified atom stereocenters. The van der Waals surface area contributed by atoms with Gasteiger partial charge in [-0.25, -0.2) is 4.79 Å². The highest BCUT2D eigenvalue weighted by Gasteiger charge is 2.20. The van der Waals surface area contributed by atoms with Gasteiger partial charge in [0.2, 0.25) is 5.91 Å². The van der Waals surface area contributed by atoms with Crippen LogP contribution in [0.4, 0.5) is 10.5 Å². The second-order valence-corrected chi connectivity index (χ2v) is 9.69. The molecule has 4 rings (SSSR count). The number of rotatable bonds is 11. The van der Waals surface area contributed by atoms with E-state index in [0.717, 1.165) is 30.1 Å². The Balaban J connectivity index is 1.21. The molecule has 1 aliphatic heterocycles. The predicted octanol–water partition coefficient (Wildman–Crippen LogP) is 4.04. The summed E-state index contributed by atoms with van der Waals surface area (Å²) in [6.07, 6.45) is 0.124. The first-order valence-electron chi connectivity index (χ1n) is 11.8. The van der Waals surface area contributed by atoms with Crippen molar-refractivity contribution in [3.05, 3.63) is 82.0 Å². The number of hydrogen-bond acceptors (Lipinski definition) is 5. The van der Waals surface area contributed by atoms with E-state index in [4.69, 9.17) is 4.74 Å². The second kappa shape index (κ2) is 11.9. The molecular weight excluding hydrogens is 460 g/mol. The number of anilines is 1. The van der Waals surface area contributed by atoms with Crippen LogP contribution >= 0.6 is 11.3 Å². The molecule has 1 aromatic heterocycles. The first-order chi connectivity index (χ1) is 17.0. The standard InChI is InChI=1S/C27H32N4O3S/c1-20(34-25-5-3-4-22(14-25)17-30(2)18-23-10-13-35-19-23)16-29-26(32)15-21-6-8-24(9-7-21)31-12-11-28-27(31)33/h3-10,13-14,19-20H,11-12,15-18H2,1-2H3,(H,28,33)(H,29,32)/t20-/m1/s1. The van der Waals surface area contributed by atoms with Crippen LogP contribution in [-0.2, 0) is 24.3 Å². The van der Waals surface area contributed by atoms with E-state index < -0.39 is 0 Å². The minimum absolute atomic E-state index is 0.0593. The zero-order chi connectivity index (χ0) is 24.6. The zero-order valence-electron chi connectivity index (χ0n) is 20.2. The Kier molecular flexibility index (Phi) is 8.39. The van der Waals surface area contributed by atoms with E-state index in [9.17, 15) is 9.59 Å². The van der Waals surface area contributed by atoms with Crippen molar-refractivity contribution in [2.45, 2.75) is 32.5 Å². The summed E-state index contributed by atoms with van der Waals surface area (Å²) >= 11 is 1.72. The van der Waals surface area contributed by atoms with Gasteiger partial charge in [0.1, 0.15) is 11.9 Å². The molecule has 0 radical (unpaired) electrons. The largest absolute Gasteiger partial charge is 0.489 e. The number of thiophene rings is 1. The van der Waals surface area contributed by atoms with Gasteiger partial charge in [0.05, 0.1) is 13.0 Å². The predicted molar refractivity (Wildman–Crippen MR) is 140 cm³/mol. The van der Waals surface area contributed by atoms with Crippen LogP contribution in [0.25, 0.3) is 0 Å². The normalized spacial score (nSPS) is 14.1. The minimum Gasteiger partial charge on any atom is -0.489 e. The molecule has 7 nitrogen and oxygen atoms in total. The Morgan fingerprint density at radius 2 is 1.94 bits per heavy atom. The summed E-state index contributed by atoms with van der Waals surface area (Å²) in [6, 6.07) is 17.7. The second-order valence-electron chi connectivity index (χ2n) is 8.91. The summed E-state index contributed by atoms with van der Waals surface area (Å²) in [4.78, 5) is 28.2. The van der Waals surface area contributed by atoms with Crippen LogP contribution in [0.15, 0.2) is 65.4 Å². The van der Waals surface area contributed by atoms with E-state index >= 15 is 0 Å².